The Kier molecular flexibility index (Phi) is 2.58. The second-order valence-corrected chi connectivity index (χ2v) is 5.22. The van der Waals surface area contributed by atoms with Gasteiger partial charge in [-0.1, -0.05) is 0 Å². The Bertz CT molecular complexity index is 203. The van der Waals surface area contributed by atoms with Crippen molar-refractivity contribution >= 4 is 0 Å². The molecule has 14 heavy (non-hydrogen) atoms. The average Bonchev–Trinajstić information content (AvgIpc) is 2.40. The zero-order valence-electron chi connectivity index (χ0n) is 9.11. The third-order valence-electron chi connectivity index (χ3n) is 3.80. The molecule has 2 atom stereocenters. The first-order valence-electron chi connectivity index (χ1n) is 5.66. The van der Waals surface area contributed by atoms with Gasteiger partial charge in [-0.05, 0) is 39.5 Å². The van der Waals surface area contributed by atoms with Crippen molar-refractivity contribution in [3.8, 4) is 0 Å². The van der Waals surface area contributed by atoms with Crippen molar-refractivity contribution in [2.45, 2.75) is 63.3 Å². The number of rotatable bonds is 2. The predicted octanol–water partition coefficient (Wildman–Crippen LogP) is 0.745. The van der Waals surface area contributed by atoms with Gasteiger partial charge in [0.25, 0.3) is 0 Å². The molecule has 0 saturated carbocycles. The number of aliphatic hydroxyl groups is 2. The van der Waals surface area contributed by atoms with E-state index in [4.69, 9.17) is 5.11 Å². The maximum Gasteiger partial charge on any atom is 0.0907 e. The molecule has 2 unspecified atom stereocenters. The van der Waals surface area contributed by atoms with Crippen LogP contribution < -0.4 is 0 Å². The van der Waals surface area contributed by atoms with Gasteiger partial charge in [0.15, 0.2) is 0 Å². The molecule has 2 bridgehead atoms. The molecule has 2 aliphatic heterocycles. The van der Waals surface area contributed by atoms with E-state index in [0.717, 1.165) is 12.8 Å². The van der Waals surface area contributed by atoms with Crippen molar-refractivity contribution in [1.29, 1.82) is 0 Å². The van der Waals surface area contributed by atoms with Gasteiger partial charge in [-0.25, -0.2) is 0 Å². The molecule has 0 aromatic heterocycles. The van der Waals surface area contributed by atoms with Gasteiger partial charge in [0.2, 0.25) is 0 Å². The van der Waals surface area contributed by atoms with Crippen LogP contribution >= 0.6 is 0 Å². The van der Waals surface area contributed by atoms with Gasteiger partial charge in [-0.2, -0.15) is 0 Å². The Balaban J connectivity index is 2.12. The molecule has 82 valence electrons. The van der Waals surface area contributed by atoms with Gasteiger partial charge >= 0.3 is 0 Å². The van der Waals surface area contributed by atoms with Crippen LogP contribution in [-0.4, -0.2) is 45.4 Å². The third kappa shape index (κ3) is 1.58. The first-order chi connectivity index (χ1) is 6.56. The van der Waals surface area contributed by atoms with E-state index in [9.17, 15) is 5.11 Å². The Labute approximate surface area is 85.7 Å². The summed E-state index contributed by atoms with van der Waals surface area (Å²) in [6.07, 6.45) is 3.87. The summed E-state index contributed by atoms with van der Waals surface area (Å²) in [4.78, 5) is 2.52. The highest BCUT2D eigenvalue weighted by atomic mass is 16.3. The maximum absolute atomic E-state index is 10.1. The van der Waals surface area contributed by atoms with E-state index in [1.807, 2.05) is 0 Å². The largest absolute Gasteiger partial charge is 0.393 e. The number of nitrogens with zero attached hydrogens (tertiary/aromatic N) is 1. The Morgan fingerprint density at radius 1 is 1.29 bits per heavy atom. The molecular weight excluding hydrogens is 178 g/mol. The monoisotopic (exact) mass is 199 g/mol. The van der Waals surface area contributed by atoms with Crippen LogP contribution in [0, 0.1) is 0 Å². The van der Waals surface area contributed by atoms with E-state index in [2.05, 4.69) is 18.7 Å². The molecule has 2 heterocycles. The van der Waals surface area contributed by atoms with Crippen molar-refractivity contribution in [1.82, 2.24) is 4.90 Å². The summed E-state index contributed by atoms with van der Waals surface area (Å²) < 4.78 is 0. The summed E-state index contributed by atoms with van der Waals surface area (Å²) in [6, 6.07) is 1.55. The topological polar surface area (TPSA) is 43.7 Å². The lowest BCUT2D eigenvalue weighted by atomic mass is 9.86. The van der Waals surface area contributed by atoms with Crippen molar-refractivity contribution in [3.63, 3.8) is 0 Å². The minimum Gasteiger partial charge on any atom is -0.393 e. The summed E-state index contributed by atoms with van der Waals surface area (Å²) in [5, 5.41) is 19.3. The van der Waals surface area contributed by atoms with Crippen LogP contribution in [0.3, 0.4) is 0 Å². The number of aliphatic hydroxyl groups excluding tert-OH is 1. The third-order valence-corrected chi connectivity index (χ3v) is 3.80. The van der Waals surface area contributed by atoms with Crippen molar-refractivity contribution in [2.24, 2.45) is 0 Å². The summed E-state index contributed by atoms with van der Waals surface area (Å²) in [5.74, 6) is 0. The van der Waals surface area contributed by atoms with Crippen molar-refractivity contribution in [3.05, 3.63) is 0 Å². The van der Waals surface area contributed by atoms with Gasteiger partial charge in [0.1, 0.15) is 0 Å². The first-order valence-corrected chi connectivity index (χ1v) is 5.66. The number of fused-ring (bicyclic) bond motifs is 2. The quantitative estimate of drug-likeness (QED) is 0.689. The molecule has 2 N–H and O–H groups in total. The minimum atomic E-state index is -0.794. The lowest BCUT2D eigenvalue weighted by Crippen LogP contribution is -2.54. The fourth-order valence-electron chi connectivity index (χ4n) is 3.33. The molecule has 0 spiro atoms. The molecule has 2 saturated heterocycles. The minimum absolute atomic E-state index is 0.0774. The maximum atomic E-state index is 10.1. The van der Waals surface area contributed by atoms with Crippen LogP contribution in [0.4, 0.5) is 0 Å². The smallest absolute Gasteiger partial charge is 0.0907 e. The molecule has 0 aromatic rings. The first kappa shape index (κ1) is 10.4. The Morgan fingerprint density at radius 2 is 1.79 bits per heavy atom. The number of hydrogen-bond donors (Lipinski definition) is 2. The Hall–Kier alpha value is -0.120. The second kappa shape index (κ2) is 3.47. The van der Waals surface area contributed by atoms with E-state index >= 15 is 0 Å². The van der Waals surface area contributed by atoms with Crippen LogP contribution in [-0.2, 0) is 0 Å². The fourth-order valence-corrected chi connectivity index (χ4v) is 3.33. The average molecular weight is 199 g/mol. The van der Waals surface area contributed by atoms with Gasteiger partial charge in [-0.15, -0.1) is 0 Å². The van der Waals surface area contributed by atoms with Gasteiger partial charge < -0.3 is 10.2 Å². The van der Waals surface area contributed by atoms with Gasteiger partial charge in [-0.3, -0.25) is 4.90 Å². The predicted molar refractivity (Wildman–Crippen MR) is 55.1 cm³/mol. The summed E-state index contributed by atoms with van der Waals surface area (Å²) >= 11 is 0. The van der Waals surface area contributed by atoms with E-state index in [1.165, 1.54) is 12.8 Å². The summed E-state index contributed by atoms with van der Waals surface area (Å²) in [6.45, 7) is 4.36. The van der Waals surface area contributed by atoms with Gasteiger partial charge in [0, 0.05) is 18.1 Å². The molecule has 0 aromatic carbocycles. The second-order valence-electron chi connectivity index (χ2n) is 5.22. The highest BCUT2D eigenvalue weighted by Gasteiger charge is 2.47. The summed E-state index contributed by atoms with van der Waals surface area (Å²) in [5.41, 5.74) is -0.794. The highest BCUT2D eigenvalue weighted by molar-refractivity contribution is 5.02. The zero-order valence-corrected chi connectivity index (χ0v) is 9.11. The van der Waals surface area contributed by atoms with E-state index < -0.39 is 5.60 Å². The van der Waals surface area contributed by atoms with Gasteiger partial charge in [0.05, 0.1) is 12.2 Å². The molecule has 2 aliphatic rings. The molecule has 2 rings (SSSR count). The van der Waals surface area contributed by atoms with E-state index in [-0.39, 0.29) is 6.61 Å². The van der Waals surface area contributed by atoms with Crippen LogP contribution in [0.2, 0.25) is 0 Å². The molecule has 2 fully saturated rings. The van der Waals surface area contributed by atoms with Crippen LogP contribution in [0.25, 0.3) is 0 Å². The highest BCUT2D eigenvalue weighted by Crippen LogP contribution is 2.41. The van der Waals surface area contributed by atoms with Crippen molar-refractivity contribution < 1.29 is 10.2 Å². The molecule has 0 aliphatic carbocycles. The fraction of sp³-hybridized carbons (Fsp3) is 1.00. The molecule has 3 heteroatoms. The Morgan fingerprint density at radius 3 is 2.14 bits per heavy atom. The van der Waals surface area contributed by atoms with E-state index in [0.29, 0.717) is 18.1 Å². The SMILES string of the molecule is CC(C)N1C2CCC1CC(O)(CO)C2. The summed E-state index contributed by atoms with van der Waals surface area (Å²) in [7, 11) is 0. The van der Waals surface area contributed by atoms with Crippen LogP contribution in [0.15, 0.2) is 0 Å². The lowest BCUT2D eigenvalue weighted by molar-refractivity contribution is -0.0894. The van der Waals surface area contributed by atoms with Crippen LogP contribution in [0.1, 0.15) is 39.5 Å². The molecule has 0 radical (unpaired) electrons. The normalized spacial score (nSPS) is 43.5. The zero-order chi connectivity index (χ0) is 10.3. The number of piperidine rings is 1. The standard InChI is InChI=1S/C11H21NO2/c1-8(2)12-9-3-4-10(12)6-11(14,5-9)7-13/h8-10,13-14H,3-7H2,1-2H3. The lowest BCUT2D eigenvalue weighted by Gasteiger charge is -2.45. The number of hydrogen-bond acceptors (Lipinski definition) is 3. The molecule has 3 nitrogen and oxygen atoms in total. The molecular formula is C11H21NO2. The van der Waals surface area contributed by atoms with E-state index in [1.54, 1.807) is 0 Å². The molecule has 0 amide bonds. The van der Waals surface area contributed by atoms with Crippen molar-refractivity contribution in [2.75, 3.05) is 6.61 Å². The van der Waals surface area contributed by atoms with Crippen LogP contribution in [0.5, 0.6) is 0 Å².